The van der Waals surface area contributed by atoms with E-state index in [2.05, 4.69) is 26.3 Å². The van der Waals surface area contributed by atoms with E-state index >= 15 is 0 Å². The van der Waals surface area contributed by atoms with Crippen LogP contribution in [0.5, 0.6) is 0 Å². The van der Waals surface area contributed by atoms with Gasteiger partial charge in [-0.05, 0) is 22.4 Å². The first-order valence-corrected chi connectivity index (χ1v) is 6.20. The first-order valence-electron chi connectivity index (χ1n) is 5.41. The van der Waals surface area contributed by atoms with Crippen molar-refractivity contribution in [3.63, 3.8) is 0 Å². The molecule has 0 aliphatic carbocycles. The molecule has 102 valence electrons. The molecule has 8 heteroatoms. The number of halogens is 4. The van der Waals surface area contributed by atoms with Crippen LogP contribution >= 0.6 is 15.9 Å². The minimum atomic E-state index is -4.46. The van der Waals surface area contributed by atoms with Gasteiger partial charge in [0.05, 0.1) is 11.9 Å². The standard InChI is InChI=1S/C10H13BrF3N3O/c1-2-3-4-15-7-5-16-17(6-10(12,13)14)9(18)8(7)11/h5,15H,2-4,6H2,1H3. The van der Waals surface area contributed by atoms with Gasteiger partial charge in [0.2, 0.25) is 0 Å². The molecule has 1 aromatic rings. The van der Waals surface area contributed by atoms with Crippen LogP contribution < -0.4 is 10.9 Å². The Morgan fingerprint density at radius 3 is 2.72 bits per heavy atom. The van der Waals surface area contributed by atoms with Gasteiger partial charge in [-0.1, -0.05) is 13.3 Å². The van der Waals surface area contributed by atoms with Gasteiger partial charge in [-0.2, -0.15) is 18.3 Å². The second-order valence-corrected chi connectivity index (χ2v) is 4.52. The highest BCUT2D eigenvalue weighted by molar-refractivity contribution is 9.10. The van der Waals surface area contributed by atoms with Crippen LogP contribution in [0.4, 0.5) is 18.9 Å². The smallest absolute Gasteiger partial charge is 0.383 e. The summed E-state index contributed by atoms with van der Waals surface area (Å²) in [5.74, 6) is 0. The molecule has 1 aromatic heterocycles. The van der Waals surface area contributed by atoms with E-state index in [1.165, 1.54) is 6.20 Å². The monoisotopic (exact) mass is 327 g/mol. The zero-order chi connectivity index (χ0) is 13.8. The Bertz CT molecular complexity index is 459. The zero-order valence-electron chi connectivity index (χ0n) is 9.72. The van der Waals surface area contributed by atoms with Gasteiger partial charge in [0.1, 0.15) is 11.0 Å². The molecule has 0 aliphatic heterocycles. The molecular weight excluding hydrogens is 315 g/mol. The molecule has 0 aliphatic rings. The van der Waals surface area contributed by atoms with E-state index in [1.807, 2.05) is 6.92 Å². The van der Waals surface area contributed by atoms with Crippen LogP contribution in [0.2, 0.25) is 0 Å². The lowest BCUT2D eigenvalue weighted by molar-refractivity contribution is -0.143. The second kappa shape index (κ2) is 6.21. The van der Waals surface area contributed by atoms with Gasteiger partial charge >= 0.3 is 6.18 Å². The topological polar surface area (TPSA) is 46.9 Å². The van der Waals surface area contributed by atoms with Crippen LogP contribution in [0.25, 0.3) is 0 Å². The van der Waals surface area contributed by atoms with Crippen LogP contribution in [0.1, 0.15) is 19.8 Å². The first kappa shape index (κ1) is 15.0. The van der Waals surface area contributed by atoms with Gasteiger partial charge < -0.3 is 5.32 Å². The molecule has 0 bridgehead atoms. The minimum absolute atomic E-state index is 0.0675. The zero-order valence-corrected chi connectivity index (χ0v) is 11.3. The highest BCUT2D eigenvalue weighted by Crippen LogP contribution is 2.19. The average Bonchev–Trinajstić information content (AvgIpc) is 2.27. The summed E-state index contributed by atoms with van der Waals surface area (Å²) in [5, 5.41) is 6.44. The third-order valence-electron chi connectivity index (χ3n) is 2.16. The molecule has 18 heavy (non-hydrogen) atoms. The molecule has 0 amide bonds. The van der Waals surface area contributed by atoms with Gasteiger partial charge in [0, 0.05) is 6.54 Å². The Kier molecular flexibility index (Phi) is 5.18. The first-order chi connectivity index (χ1) is 8.35. The van der Waals surface area contributed by atoms with Gasteiger partial charge in [0.15, 0.2) is 0 Å². The second-order valence-electron chi connectivity index (χ2n) is 3.73. The van der Waals surface area contributed by atoms with Crippen molar-refractivity contribution in [2.75, 3.05) is 11.9 Å². The molecule has 0 aromatic carbocycles. The summed E-state index contributed by atoms with van der Waals surface area (Å²) in [5.41, 5.74) is -0.388. The maximum absolute atomic E-state index is 12.2. The lowest BCUT2D eigenvalue weighted by atomic mass is 10.3. The van der Waals surface area contributed by atoms with Crippen molar-refractivity contribution in [2.45, 2.75) is 32.5 Å². The van der Waals surface area contributed by atoms with E-state index in [4.69, 9.17) is 0 Å². The highest BCUT2D eigenvalue weighted by atomic mass is 79.9. The lowest BCUT2D eigenvalue weighted by Crippen LogP contribution is -2.31. The van der Waals surface area contributed by atoms with Gasteiger partial charge in [0.25, 0.3) is 5.56 Å². The molecule has 0 radical (unpaired) electrons. The summed E-state index contributed by atoms with van der Waals surface area (Å²) >= 11 is 2.99. The Hall–Kier alpha value is -1.05. The largest absolute Gasteiger partial charge is 0.408 e. The van der Waals surface area contributed by atoms with Crippen molar-refractivity contribution >= 4 is 21.6 Å². The average molecular weight is 328 g/mol. The molecule has 1 rings (SSSR count). The summed E-state index contributed by atoms with van der Waals surface area (Å²) in [4.78, 5) is 11.6. The fourth-order valence-electron chi connectivity index (χ4n) is 1.27. The van der Waals surface area contributed by atoms with Crippen LogP contribution in [0.15, 0.2) is 15.5 Å². The number of unbranched alkanes of at least 4 members (excludes halogenated alkanes) is 1. The van der Waals surface area contributed by atoms with Crippen LogP contribution in [0.3, 0.4) is 0 Å². The number of anilines is 1. The van der Waals surface area contributed by atoms with Crippen LogP contribution in [-0.4, -0.2) is 22.5 Å². The highest BCUT2D eigenvalue weighted by Gasteiger charge is 2.29. The SMILES string of the molecule is CCCCNc1cnn(CC(F)(F)F)c(=O)c1Br. The number of rotatable bonds is 5. The normalized spacial score (nSPS) is 11.6. The third-order valence-corrected chi connectivity index (χ3v) is 2.93. The van der Waals surface area contributed by atoms with E-state index in [0.29, 0.717) is 16.9 Å². The van der Waals surface area contributed by atoms with E-state index in [1.54, 1.807) is 0 Å². The third kappa shape index (κ3) is 4.32. The molecule has 0 spiro atoms. The Balaban J connectivity index is 2.88. The number of alkyl halides is 3. The van der Waals surface area contributed by atoms with E-state index in [9.17, 15) is 18.0 Å². The quantitative estimate of drug-likeness (QED) is 0.846. The number of aromatic nitrogens is 2. The van der Waals surface area contributed by atoms with E-state index in [-0.39, 0.29) is 4.47 Å². The van der Waals surface area contributed by atoms with Crippen LogP contribution in [0, 0.1) is 0 Å². The fraction of sp³-hybridized carbons (Fsp3) is 0.600. The number of nitrogens with one attached hydrogen (secondary N) is 1. The Labute approximate surface area is 110 Å². The molecule has 4 nitrogen and oxygen atoms in total. The molecule has 0 saturated heterocycles. The van der Waals surface area contributed by atoms with Gasteiger partial charge in [-0.25, -0.2) is 4.68 Å². The van der Waals surface area contributed by atoms with Crippen molar-refractivity contribution in [1.29, 1.82) is 0 Å². The summed E-state index contributed by atoms with van der Waals surface area (Å²) in [6.07, 6.45) is -1.37. The number of hydrogen-bond donors (Lipinski definition) is 1. The lowest BCUT2D eigenvalue weighted by Gasteiger charge is -2.11. The predicted molar refractivity (Wildman–Crippen MR) is 65.6 cm³/mol. The van der Waals surface area contributed by atoms with Crippen molar-refractivity contribution in [3.8, 4) is 0 Å². The summed E-state index contributed by atoms with van der Waals surface area (Å²) < 4.78 is 37.0. The Morgan fingerprint density at radius 1 is 1.50 bits per heavy atom. The fourth-order valence-corrected chi connectivity index (χ4v) is 1.72. The van der Waals surface area contributed by atoms with Crippen molar-refractivity contribution in [3.05, 3.63) is 21.0 Å². The maximum atomic E-state index is 12.2. The van der Waals surface area contributed by atoms with E-state index in [0.717, 1.165) is 12.8 Å². The molecule has 0 unspecified atom stereocenters. The number of hydrogen-bond acceptors (Lipinski definition) is 3. The summed E-state index contributed by atoms with van der Waals surface area (Å²) in [6.45, 7) is 1.26. The van der Waals surface area contributed by atoms with Gasteiger partial charge in [-0.3, -0.25) is 4.79 Å². The Morgan fingerprint density at radius 2 is 2.17 bits per heavy atom. The summed E-state index contributed by atoms with van der Waals surface area (Å²) in [6, 6.07) is 0. The molecule has 1 N–H and O–H groups in total. The predicted octanol–water partition coefficient (Wildman–Crippen LogP) is 2.78. The van der Waals surface area contributed by atoms with Gasteiger partial charge in [-0.15, -0.1) is 0 Å². The molecule has 0 atom stereocenters. The van der Waals surface area contributed by atoms with Crippen molar-refractivity contribution < 1.29 is 13.2 Å². The molecule has 0 saturated carbocycles. The van der Waals surface area contributed by atoms with Crippen molar-refractivity contribution in [2.24, 2.45) is 0 Å². The van der Waals surface area contributed by atoms with Crippen molar-refractivity contribution in [1.82, 2.24) is 9.78 Å². The molecule has 1 heterocycles. The van der Waals surface area contributed by atoms with E-state index < -0.39 is 18.3 Å². The molecule has 0 fully saturated rings. The maximum Gasteiger partial charge on any atom is 0.408 e. The molecular formula is C10H13BrF3N3O. The minimum Gasteiger partial charge on any atom is -0.383 e. The number of nitrogens with zero attached hydrogens (tertiary/aromatic N) is 2. The van der Waals surface area contributed by atoms with Crippen LogP contribution in [-0.2, 0) is 6.54 Å². The summed E-state index contributed by atoms with van der Waals surface area (Å²) in [7, 11) is 0.